The second kappa shape index (κ2) is 3.23. The molecule has 13 heavy (non-hydrogen) atoms. The summed E-state index contributed by atoms with van der Waals surface area (Å²) >= 11 is 0. The number of ether oxygens (including phenoxy) is 3. The minimum absolute atomic E-state index is 0.0593. The Labute approximate surface area is 79.4 Å². The molecule has 2 heterocycles. The fourth-order valence-electron chi connectivity index (χ4n) is 1.41. The molecule has 2 fully saturated rings. The summed E-state index contributed by atoms with van der Waals surface area (Å²) in [5.74, 6) is 0. The second-order valence-corrected chi connectivity index (χ2v) is 4.14. The van der Waals surface area contributed by atoms with Gasteiger partial charge in [-0.2, -0.15) is 0 Å². The van der Waals surface area contributed by atoms with E-state index in [9.17, 15) is 0 Å². The van der Waals surface area contributed by atoms with Crippen molar-refractivity contribution in [3.05, 3.63) is 0 Å². The van der Waals surface area contributed by atoms with Gasteiger partial charge in [-0.15, -0.1) is 0 Å². The maximum atomic E-state index is 5.62. The molecule has 0 bridgehead atoms. The molecule has 0 amide bonds. The van der Waals surface area contributed by atoms with Crippen LogP contribution in [-0.4, -0.2) is 37.6 Å². The Morgan fingerprint density at radius 2 is 1.38 bits per heavy atom. The van der Waals surface area contributed by atoms with Crippen molar-refractivity contribution < 1.29 is 14.2 Å². The lowest BCUT2D eigenvalue weighted by atomic mass is 10.1. The lowest BCUT2D eigenvalue weighted by Crippen LogP contribution is -2.24. The molecule has 0 aromatic heterocycles. The molecule has 2 unspecified atom stereocenters. The van der Waals surface area contributed by atoms with E-state index in [-0.39, 0.29) is 11.2 Å². The van der Waals surface area contributed by atoms with Crippen molar-refractivity contribution in [3.63, 3.8) is 0 Å². The molecule has 2 saturated heterocycles. The van der Waals surface area contributed by atoms with Crippen LogP contribution in [0.3, 0.4) is 0 Å². The van der Waals surface area contributed by atoms with Crippen LogP contribution < -0.4 is 0 Å². The van der Waals surface area contributed by atoms with Crippen LogP contribution in [0.5, 0.6) is 0 Å². The van der Waals surface area contributed by atoms with E-state index in [0.29, 0.717) is 0 Å². The largest absolute Gasteiger partial charge is 0.375 e. The molecule has 0 aliphatic carbocycles. The summed E-state index contributed by atoms with van der Waals surface area (Å²) in [7, 11) is 0. The normalized spacial score (nSPS) is 42.0. The Balaban J connectivity index is 1.64. The van der Waals surface area contributed by atoms with Crippen LogP contribution >= 0.6 is 0 Å². The van der Waals surface area contributed by atoms with E-state index in [0.717, 1.165) is 39.3 Å². The van der Waals surface area contributed by atoms with Crippen LogP contribution in [-0.2, 0) is 14.2 Å². The quantitative estimate of drug-likeness (QED) is 0.587. The second-order valence-electron chi connectivity index (χ2n) is 4.14. The topological polar surface area (TPSA) is 34.3 Å². The minimum atomic E-state index is 0.0593. The van der Waals surface area contributed by atoms with E-state index in [1.807, 2.05) is 0 Å². The summed E-state index contributed by atoms with van der Waals surface area (Å²) in [6.45, 7) is 7.47. The van der Waals surface area contributed by atoms with Crippen LogP contribution in [0.2, 0.25) is 0 Å². The molecule has 2 atom stereocenters. The predicted octanol–water partition coefficient (Wildman–Crippen LogP) is 1.36. The van der Waals surface area contributed by atoms with Crippen molar-refractivity contribution in [2.24, 2.45) is 0 Å². The molecule has 0 spiro atoms. The number of hydrogen-bond acceptors (Lipinski definition) is 3. The van der Waals surface area contributed by atoms with Gasteiger partial charge in [0.15, 0.2) is 0 Å². The number of epoxide rings is 2. The van der Waals surface area contributed by atoms with Gasteiger partial charge in [0.25, 0.3) is 0 Å². The molecule has 0 aromatic rings. The van der Waals surface area contributed by atoms with Crippen molar-refractivity contribution >= 4 is 0 Å². The van der Waals surface area contributed by atoms with E-state index in [1.165, 1.54) is 0 Å². The highest BCUT2D eigenvalue weighted by atomic mass is 16.6. The van der Waals surface area contributed by atoms with E-state index >= 15 is 0 Å². The van der Waals surface area contributed by atoms with Gasteiger partial charge in [0, 0.05) is 0 Å². The fraction of sp³-hybridized carbons (Fsp3) is 1.00. The van der Waals surface area contributed by atoms with E-state index in [4.69, 9.17) is 14.2 Å². The first-order valence-corrected chi connectivity index (χ1v) is 5.10. The zero-order valence-electron chi connectivity index (χ0n) is 8.47. The number of rotatable bonds is 6. The lowest BCUT2D eigenvalue weighted by molar-refractivity contribution is 0.0401. The van der Waals surface area contributed by atoms with E-state index in [2.05, 4.69) is 13.8 Å². The van der Waals surface area contributed by atoms with Crippen LogP contribution in [0.15, 0.2) is 0 Å². The highest BCUT2D eigenvalue weighted by Crippen LogP contribution is 2.34. The third-order valence-electron chi connectivity index (χ3n) is 3.12. The predicted molar refractivity (Wildman–Crippen MR) is 48.8 cm³/mol. The Kier molecular flexibility index (Phi) is 2.34. The van der Waals surface area contributed by atoms with Crippen molar-refractivity contribution in [1.82, 2.24) is 0 Å². The zero-order chi connectivity index (χ0) is 9.36. The highest BCUT2D eigenvalue weighted by Gasteiger charge is 2.46. The first-order valence-electron chi connectivity index (χ1n) is 5.10. The van der Waals surface area contributed by atoms with E-state index in [1.54, 1.807) is 0 Å². The average molecular weight is 186 g/mol. The van der Waals surface area contributed by atoms with Gasteiger partial charge >= 0.3 is 0 Å². The maximum Gasteiger partial charge on any atom is 0.115 e. The summed E-state index contributed by atoms with van der Waals surface area (Å²) in [6, 6.07) is 0. The molecule has 0 radical (unpaired) electrons. The summed E-state index contributed by atoms with van der Waals surface area (Å²) in [6.07, 6.45) is 2.10. The molecule has 3 nitrogen and oxygen atoms in total. The molecule has 2 aliphatic rings. The van der Waals surface area contributed by atoms with Crippen molar-refractivity contribution in [2.45, 2.75) is 37.9 Å². The van der Waals surface area contributed by atoms with Gasteiger partial charge in [-0.3, -0.25) is 0 Å². The summed E-state index contributed by atoms with van der Waals surface area (Å²) in [4.78, 5) is 0. The van der Waals surface area contributed by atoms with Gasteiger partial charge in [0.05, 0.1) is 26.4 Å². The molecule has 0 N–H and O–H groups in total. The lowest BCUT2D eigenvalue weighted by Gasteiger charge is -2.13. The molecular weight excluding hydrogens is 168 g/mol. The van der Waals surface area contributed by atoms with Gasteiger partial charge in [-0.25, -0.2) is 0 Å². The molecule has 2 aliphatic heterocycles. The molecule has 3 heteroatoms. The van der Waals surface area contributed by atoms with Crippen molar-refractivity contribution in [3.8, 4) is 0 Å². The number of hydrogen-bond donors (Lipinski definition) is 0. The van der Waals surface area contributed by atoms with Crippen LogP contribution in [0.1, 0.15) is 26.7 Å². The van der Waals surface area contributed by atoms with Crippen molar-refractivity contribution in [2.75, 3.05) is 26.4 Å². The zero-order valence-corrected chi connectivity index (χ0v) is 8.47. The molecule has 76 valence electrons. The van der Waals surface area contributed by atoms with E-state index < -0.39 is 0 Å². The fourth-order valence-corrected chi connectivity index (χ4v) is 1.41. The average Bonchev–Trinajstić information content (AvgIpc) is 3.01. The SMILES string of the molecule is CCC1(COCC2(CC)CO2)CO1. The van der Waals surface area contributed by atoms with Gasteiger partial charge in [-0.05, 0) is 12.8 Å². The van der Waals surface area contributed by atoms with Gasteiger partial charge in [-0.1, -0.05) is 13.8 Å². The summed E-state index contributed by atoms with van der Waals surface area (Å²) in [5, 5.41) is 0. The Morgan fingerprint density at radius 3 is 1.62 bits per heavy atom. The smallest absolute Gasteiger partial charge is 0.115 e. The Hall–Kier alpha value is -0.120. The van der Waals surface area contributed by atoms with Crippen molar-refractivity contribution in [1.29, 1.82) is 0 Å². The van der Waals surface area contributed by atoms with Crippen LogP contribution in [0.4, 0.5) is 0 Å². The first-order chi connectivity index (χ1) is 6.24. The Bertz CT molecular complexity index is 163. The third kappa shape index (κ3) is 2.03. The molecule has 0 saturated carbocycles. The maximum absolute atomic E-state index is 5.62. The van der Waals surface area contributed by atoms with Gasteiger partial charge in [0.1, 0.15) is 11.2 Å². The standard InChI is InChI=1S/C10H18O3/c1-3-9(7-12-9)5-11-6-10(4-2)8-13-10/h3-8H2,1-2H3. The van der Waals surface area contributed by atoms with Gasteiger partial charge < -0.3 is 14.2 Å². The first kappa shape index (κ1) is 9.44. The molecular formula is C10H18O3. The highest BCUT2D eigenvalue weighted by molar-refractivity contribution is 4.93. The Morgan fingerprint density at radius 1 is 1.00 bits per heavy atom. The minimum Gasteiger partial charge on any atom is -0.375 e. The van der Waals surface area contributed by atoms with Crippen LogP contribution in [0, 0.1) is 0 Å². The third-order valence-corrected chi connectivity index (χ3v) is 3.12. The van der Waals surface area contributed by atoms with Crippen LogP contribution in [0.25, 0.3) is 0 Å². The summed E-state index contributed by atoms with van der Waals surface area (Å²) < 4.78 is 16.3. The molecule has 0 aromatic carbocycles. The van der Waals surface area contributed by atoms with Gasteiger partial charge in [0.2, 0.25) is 0 Å². The molecule has 2 rings (SSSR count). The monoisotopic (exact) mass is 186 g/mol. The summed E-state index contributed by atoms with van der Waals surface area (Å²) in [5.41, 5.74) is 0.119.